The van der Waals surface area contributed by atoms with Crippen LogP contribution < -0.4 is 0 Å². The Bertz CT molecular complexity index is 763. The second-order valence-corrected chi connectivity index (χ2v) is 4.86. The Morgan fingerprint density at radius 3 is 2.67 bits per heavy atom. The lowest BCUT2D eigenvalue weighted by Gasteiger charge is -1.98. The van der Waals surface area contributed by atoms with Gasteiger partial charge in [-0.25, -0.2) is 9.78 Å². The normalized spacial score (nSPS) is 10.7. The second-order valence-electron chi connectivity index (χ2n) is 4.86. The summed E-state index contributed by atoms with van der Waals surface area (Å²) in [5.74, 6) is 0.520. The molecule has 3 rings (SSSR count). The van der Waals surface area contributed by atoms with Crippen LogP contribution in [0.2, 0.25) is 0 Å². The van der Waals surface area contributed by atoms with Crippen LogP contribution in [-0.4, -0.2) is 23.0 Å². The highest BCUT2D eigenvalue weighted by Gasteiger charge is 2.13. The molecule has 0 fully saturated rings. The van der Waals surface area contributed by atoms with Crippen LogP contribution in [0.3, 0.4) is 0 Å². The van der Waals surface area contributed by atoms with Crippen LogP contribution >= 0.6 is 0 Å². The summed E-state index contributed by atoms with van der Waals surface area (Å²) in [4.78, 5) is 19.5. The minimum Gasteiger partial charge on any atom is -0.465 e. The number of hydrogen-bond donors (Lipinski definition) is 1. The van der Waals surface area contributed by atoms with Crippen LogP contribution in [0.15, 0.2) is 48.5 Å². The molecule has 0 amide bonds. The molecule has 0 spiro atoms. The summed E-state index contributed by atoms with van der Waals surface area (Å²) < 4.78 is 4.79. The van der Waals surface area contributed by atoms with Crippen LogP contribution in [0.1, 0.15) is 21.7 Å². The molecular formula is C17H16N2O2. The number of benzene rings is 2. The molecule has 2 aromatic carbocycles. The van der Waals surface area contributed by atoms with Gasteiger partial charge in [0.25, 0.3) is 0 Å². The minimum atomic E-state index is -0.360. The first-order valence-corrected chi connectivity index (χ1v) is 6.88. The maximum Gasteiger partial charge on any atom is 0.340 e. The van der Waals surface area contributed by atoms with Crippen molar-refractivity contribution < 1.29 is 9.53 Å². The van der Waals surface area contributed by atoms with Crippen molar-refractivity contribution in [2.24, 2.45) is 0 Å². The second kappa shape index (κ2) is 5.79. The summed E-state index contributed by atoms with van der Waals surface area (Å²) >= 11 is 0. The Kier molecular flexibility index (Phi) is 3.69. The molecule has 0 aliphatic rings. The molecule has 4 heteroatoms. The summed E-state index contributed by atoms with van der Waals surface area (Å²) in [6.45, 7) is 0. The average Bonchev–Trinajstić information content (AvgIpc) is 2.96. The van der Waals surface area contributed by atoms with Crippen molar-refractivity contribution in [1.29, 1.82) is 0 Å². The van der Waals surface area contributed by atoms with E-state index in [-0.39, 0.29) is 5.97 Å². The molecular weight excluding hydrogens is 264 g/mol. The van der Waals surface area contributed by atoms with Gasteiger partial charge in [-0.15, -0.1) is 0 Å². The molecule has 0 saturated heterocycles. The highest BCUT2D eigenvalue weighted by molar-refractivity contribution is 6.01. The number of aromatic amines is 1. The zero-order chi connectivity index (χ0) is 14.7. The standard InChI is InChI=1S/C17H16N2O2/c1-21-17(20)13-8-5-9-14-16(13)19-15(18-14)11-10-12-6-3-2-4-7-12/h2-9H,10-11H2,1H3,(H,18,19). The number of fused-ring (bicyclic) bond motifs is 1. The van der Waals surface area contributed by atoms with E-state index in [4.69, 9.17) is 4.74 Å². The van der Waals surface area contributed by atoms with Gasteiger partial charge in [0.15, 0.2) is 0 Å². The fourth-order valence-electron chi connectivity index (χ4n) is 2.38. The Balaban J connectivity index is 1.86. The number of imidazole rings is 1. The van der Waals surface area contributed by atoms with Gasteiger partial charge in [0.1, 0.15) is 11.3 Å². The Morgan fingerprint density at radius 2 is 1.90 bits per heavy atom. The Morgan fingerprint density at radius 1 is 1.10 bits per heavy atom. The van der Waals surface area contributed by atoms with E-state index in [1.807, 2.05) is 30.3 Å². The number of para-hydroxylation sites is 1. The van der Waals surface area contributed by atoms with E-state index >= 15 is 0 Å². The first kappa shape index (κ1) is 13.4. The molecule has 1 aromatic heterocycles. The van der Waals surface area contributed by atoms with Gasteiger partial charge in [-0.1, -0.05) is 36.4 Å². The number of methoxy groups -OCH3 is 1. The molecule has 1 N–H and O–H groups in total. The lowest BCUT2D eigenvalue weighted by molar-refractivity contribution is 0.0603. The minimum absolute atomic E-state index is 0.360. The highest BCUT2D eigenvalue weighted by Crippen LogP contribution is 2.18. The SMILES string of the molecule is COC(=O)c1cccc2[nH]c(CCc3ccccc3)nc12. The largest absolute Gasteiger partial charge is 0.465 e. The first-order chi connectivity index (χ1) is 10.3. The number of nitrogens with one attached hydrogen (secondary N) is 1. The van der Waals surface area contributed by atoms with Crippen molar-refractivity contribution in [2.75, 3.05) is 7.11 Å². The highest BCUT2D eigenvalue weighted by atomic mass is 16.5. The van der Waals surface area contributed by atoms with Gasteiger partial charge >= 0.3 is 5.97 Å². The number of hydrogen-bond acceptors (Lipinski definition) is 3. The van der Waals surface area contributed by atoms with Crippen molar-refractivity contribution >= 4 is 17.0 Å². The lowest BCUT2D eigenvalue weighted by atomic mass is 10.1. The number of nitrogens with zero attached hydrogens (tertiary/aromatic N) is 1. The number of H-pyrrole nitrogens is 1. The molecule has 1 heterocycles. The molecule has 0 bridgehead atoms. The van der Waals surface area contributed by atoms with E-state index in [1.165, 1.54) is 12.7 Å². The third-order valence-corrected chi connectivity index (χ3v) is 3.46. The predicted molar refractivity (Wildman–Crippen MR) is 81.3 cm³/mol. The summed E-state index contributed by atoms with van der Waals surface area (Å²) in [6, 6.07) is 15.7. The molecule has 21 heavy (non-hydrogen) atoms. The van der Waals surface area contributed by atoms with Crippen molar-refractivity contribution in [1.82, 2.24) is 9.97 Å². The van der Waals surface area contributed by atoms with Crippen molar-refractivity contribution in [3.05, 3.63) is 65.5 Å². The fourth-order valence-corrected chi connectivity index (χ4v) is 2.38. The van der Waals surface area contributed by atoms with E-state index in [1.54, 1.807) is 6.07 Å². The Labute approximate surface area is 122 Å². The number of carbonyl (C=O) groups is 1. The van der Waals surface area contributed by atoms with Gasteiger partial charge in [-0.2, -0.15) is 0 Å². The monoisotopic (exact) mass is 280 g/mol. The van der Waals surface area contributed by atoms with Crippen LogP contribution in [0.5, 0.6) is 0 Å². The van der Waals surface area contributed by atoms with Crippen LogP contribution in [0.25, 0.3) is 11.0 Å². The maximum absolute atomic E-state index is 11.7. The molecule has 0 aliphatic carbocycles. The number of aromatic nitrogens is 2. The number of carbonyl (C=O) groups excluding carboxylic acids is 1. The van der Waals surface area contributed by atoms with Gasteiger partial charge in [0, 0.05) is 6.42 Å². The zero-order valence-electron chi connectivity index (χ0n) is 11.8. The van der Waals surface area contributed by atoms with Crippen molar-refractivity contribution in [3.8, 4) is 0 Å². The molecule has 0 aliphatic heterocycles. The molecule has 0 unspecified atom stereocenters. The smallest absolute Gasteiger partial charge is 0.340 e. The fraction of sp³-hybridized carbons (Fsp3) is 0.176. The molecule has 3 aromatic rings. The van der Waals surface area contributed by atoms with Gasteiger partial charge in [0.2, 0.25) is 0 Å². The van der Waals surface area contributed by atoms with E-state index in [9.17, 15) is 4.79 Å². The Hall–Kier alpha value is -2.62. The first-order valence-electron chi connectivity index (χ1n) is 6.88. The van der Waals surface area contributed by atoms with E-state index in [2.05, 4.69) is 22.1 Å². The van der Waals surface area contributed by atoms with Gasteiger partial charge in [0.05, 0.1) is 18.2 Å². The van der Waals surface area contributed by atoms with Crippen LogP contribution in [0.4, 0.5) is 0 Å². The number of rotatable bonds is 4. The van der Waals surface area contributed by atoms with E-state index in [0.717, 1.165) is 24.2 Å². The summed E-state index contributed by atoms with van der Waals surface area (Å²) in [7, 11) is 1.38. The lowest BCUT2D eigenvalue weighted by Crippen LogP contribution is -2.01. The van der Waals surface area contributed by atoms with Gasteiger partial charge < -0.3 is 9.72 Å². The summed E-state index contributed by atoms with van der Waals surface area (Å²) in [5.41, 5.74) is 3.30. The molecule has 106 valence electrons. The molecule has 4 nitrogen and oxygen atoms in total. The number of aryl methyl sites for hydroxylation is 2. The number of ether oxygens (including phenoxy) is 1. The molecule has 0 radical (unpaired) electrons. The molecule has 0 saturated carbocycles. The topological polar surface area (TPSA) is 55.0 Å². The third-order valence-electron chi connectivity index (χ3n) is 3.46. The van der Waals surface area contributed by atoms with Gasteiger partial charge in [-0.05, 0) is 24.1 Å². The van der Waals surface area contributed by atoms with E-state index < -0.39 is 0 Å². The maximum atomic E-state index is 11.7. The third kappa shape index (κ3) is 2.79. The zero-order valence-corrected chi connectivity index (χ0v) is 11.8. The van der Waals surface area contributed by atoms with Crippen LogP contribution in [0, 0.1) is 0 Å². The summed E-state index contributed by atoms with van der Waals surface area (Å²) in [6.07, 6.45) is 1.72. The number of esters is 1. The van der Waals surface area contributed by atoms with Crippen molar-refractivity contribution in [2.45, 2.75) is 12.8 Å². The van der Waals surface area contributed by atoms with Gasteiger partial charge in [-0.3, -0.25) is 0 Å². The average molecular weight is 280 g/mol. The molecule has 0 atom stereocenters. The van der Waals surface area contributed by atoms with Crippen molar-refractivity contribution in [3.63, 3.8) is 0 Å². The quantitative estimate of drug-likeness (QED) is 0.747. The van der Waals surface area contributed by atoms with E-state index in [0.29, 0.717) is 11.1 Å². The predicted octanol–water partition coefficient (Wildman–Crippen LogP) is 3.13. The summed E-state index contributed by atoms with van der Waals surface area (Å²) in [5, 5.41) is 0. The van der Waals surface area contributed by atoms with Crippen LogP contribution in [-0.2, 0) is 17.6 Å².